The zero-order chi connectivity index (χ0) is 17.8. The maximum absolute atomic E-state index is 13.0. The molecular formula is C14H17F4N3O2. The van der Waals surface area contributed by atoms with Gasteiger partial charge in [-0.05, 0) is 18.2 Å². The number of carbonyl (C=O) groups excluding carboxylic acids is 2. The van der Waals surface area contributed by atoms with Gasteiger partial charge in [-0.2, -0.15) is 13.2 Å². The molecule has 0 saturated heterocycles. The Kier molecular flexibility index (Phi) is 5.94. The summed E-state index contributed by atoms with van der Waals surface area (Å²) >= 11 is 0. The molecule has 1 aromatic carbocycles. The number of nitrogens with one attached hydrogen (secondary N) is 2. The molecule has 2 N–H and O–H groups in total. The first kappa shape index (κ1) is 18.7. The fraction of sp³-hybridized carbons (Fsp3) is 0.429. The van der Waals surface area contributed by atoms with Crippen molar-refractivity contribution in [3.8, 4) is 0 Å². The molecule has 1 aromatic rings. The molecule has 1 rings (SSSR count). The number of nitrogens with zero attached hydrogens (tertiary/aromatic N) is 1. The van der Waals surface area contributed by atoms with Crippen molar-refractivity contribution < 1.29 is 27.2 Å². The van der Waals surface area contributed by atoms with Crippen LogP contribution in [-0.2, 0) is 11.0 Å². The van der Waals surface area contributed by atoms with Crippen LogP contribution >= 0.6 is 0 Å². The summed E-state index contributed by atoms with van der Waals surface area (Å²) < 4.78 is 51.6. The number of anilines is 1. The third-order valence-corrected chi connectivity index (χ3v) is 3.12. The van der Waals surface area contributed by atoms with Crippen molar-refractivity contribution in [3.63, 3.8) is 0 Å². The summed E-state index contributed by atoms with van der Waals surface area (Å²) in [6, 6.07) is 1.13. The minimum absolute atomic E-state index is 0.00799. The Hall–Kier alpha value is -2.32. The van der Waals surface area contributed by atoms with E-state index in [2.05, 4.69) is 10.6 Å². The monoisotopic (exact) mass is 335 g/mol. The second-order valence-electron chi connectivity index (χ2n) is 5.01. The molecule has 0 radical (unpaired) electrons. The van der Waals surface area contributed by atoms with Crippen LogP contribution in [-0.4, -0.2) is 37.5 Å². The van der Waals surface area contributed by atoms with Crippen LogP contribution in [0.5, 0.6) is 0 Å². The molecule has 1 unspecified atom stereocenters. The van der Waals surface area contributed by atoms with Gasteiger partial charge in [0.25, 0.3) is 0 Å². The summed E-state index contributed by atoms with van der Waals surface area (Å²) in [5.74, 6) is -1.90. The SMILES string of the molecule is CNC(=O)C(C)CN(C)C(=O)Nc1ccc(F)cc1C(F)(F)F. The summed E-state index contributed by atoms with van der Waals surface area (Å²) in [7, 11) is 2.78. The van der Waals surface area contributed by atoms with Gasteiger partial charge in [0.1, 0.15) is 5.82 Å². The second kappa shape index (κ2) is 7.30. The molecule has 0 bridgehead atoms. The average molecular weight is 335 g/mol. The standard InChI is InChI=1S/C14H17F4N3O2/c1-8(12(22)19-2)7-21(3)13(23)20-11-5-4-9(15)6-10(11)14(16,17)18/h4-6,8H,7H2,1-3H3,(H,19,22)(H,20,23). The van der Waals surface area contributed by atoms with Crippen molar-refractivity contribution in [2.45, 2.75) is 13.1 Å². The van der Waals surface area contributed by atoms with Crippen LogP contribution < -0.4 is 10.6 Å². The van der Waals surface area contributed by atoms with Gasteiger partial charge < -0.3 is 15.5 Å². The molecule has 0 aromatic heterocycles. The zero-order valence-corrected chi connectivity index (χ0v) is 12.8. The van der Waals surface area contributed by atoms with E-state index < -0.39 is 35.2 Å². The fourth-order valence-corrected chi connectivity index (χ4v) is 1.89. The van der Waals surface area contributed by atoms with Crippen LogP contribution in [0.2, 0.25) is 0 Å². The van der Waals surface area contributed by atoms with Gasteiger partial charge in [0.05, 0.1) is 17.2 Å². The van der Waals surface area contributed by atoms with Crippen LogP contribution in [0.4, 0.5) is 28.0 Å². The van der Waals surface area contributed by atoms with E-state index in [0.29, 0.717) is 6.07 Å². The molecule has 0 spiro atoms. The number of carbonyl (C=O) groups is 2. The maximum atomic E-state index is 13.0. The highest BCUT2D eigenvalue weighted by atomic mass is 19.4. The number of halogens is 4. The summed E-state index contributed by atoms with van der Waals surface area (Å²) in [6.45, 7) is 1.58. The molecule has 9 heteroatoms. The summed E-state index contributed by atoms with van der Waals surface area (Å²) in [5, 5.41) is 4.48. The lowest BCUT2D eigenvalue weighted by molar-refractivity contribution is -0.137. The molecule has 0 aliphatic carbocycles. The average Bonchev–Trinajstić information content (AvgIpc) is 2.46. The molecule has 23 heavy (non-hydrogen) atoms. The quantitative estimate of drug-likeness (QED) is 0.831. The lowest BCUT2D eigenvalue weighted by Crippen LogP contribution is -2.39. The molecule has 128 valence electrons. The van der Waals surface area contributed by atoms with E-state index in [1.165, 1.54) is 14.1 Å². The molecule has 0 aliphatic rings. The number of amides is 3. The van der Waals surface area contributed by atoms with E-state index in [9.17, 15) is 27.2 Å². The summed E-state index contributed by atoms with van der Waals surface area (Å²) in [6.07, 6.45) is -4.81. The van der Waals surface area contributed by atoms with E-state index in [4.69, 9.17) is 0 Å². The topological polar surface area (TPSA) is 61.4 Å². The highest BCUT2D eigenvalue weighted by Gasteiger charge is 2.34. The van der Waals surface area contributed by atoms with Crippen molar-refractivity contribution in [1.82, 2.24) is 10.2 Å². The second-order valence-corrected chi connectivity index (χ2v) is 5.01. The molecule has 0 heterocycles. The van der Waals surface area contributed by atoms with E-state index in [0.717, 1.165) is 17.0 Å². The highest BCUT2D eigenvalue weighted by molar-refractivity contribution is 5.90. The van der Waals surface area contributed by atoms with Gasteiger partial charge >= 0.3 is 12.2 Å². The third-order valence-electron chi connectivity index (χ3n) is 3.12. The number of alkyl halides is 3. The van der Waals surface area contributed by atoms with Gasteiger partial charge in [-0.1, -0.05) is 6.92 Å². The van der Waals surface area contributed by atoms with Gasteiger partial charge in [-0.25, -0.2) is 9.18 Å². The minimum atomic E-state index is -4.81. The lowest BCUT2D eigenvalue weighted by Gasteiger charge is -2.22. The number of hydrogen-bond donors (Lipinski definition) is 2. The van der Waals surface area contributed by atoms with Crippen molar-refractivity contribution >= 4 is 17.6 Å². The Morgan fingerprint density at radius 3 is 2.43 bits per heavy atom. The van der Waals surface area contributed by atoms with Gasteiger partial charge in [-0.15, -0.1) is 0 Å². The van der Waals surface area contributed by atoms with Crippen LogP contribution in [0, 0.1) is 11.7 Å². The fourth-order valence-electron chi connectivity index (χ4n) is 1.89. The van der Waals surface area contributed by atoms with Crippen molar-refractivity contribution in [2.24, 2.45) is 5.92 Å². The van der Waals surface area contributed by atoms with E-state index in [1.54, 1.807) is 6.92 Å². The molecule has 1 atom stereocenters. The highest BCUT2D eigenvalue weighted by Crippen LogP contribution is 2.35. The molecule has 5 nitrogen and oxygen atoms in total. The third kappa shape index (κ3) is 5.11. The van der Waals surface area contributed by atoms with Gasteiger partial charge in [0, 0.05) is 20.6 Å². The number of rotatable bonds is 4. The Morgan fingerprint density at radius 1 is 1.30 bits per heavy atom. The largest absolute Gasteiger partial charge is 0.418 e. The predicted molar refractivity (Wildman–Crippen MR) is 76.3 cm³/mol. The molecule has 3 amide bonds. The van der Waals surface area contributed by atoms with Gasteiger partial charge in [0.15, 0.2) is 0 Å². The first-order valence-electron chi connectivity index (χ1n) is 6.66. The maximum Gasteiger partial charge on any atom is 0.418 e. The van der Waals surface area contributed by atoms with Crippen molar-refractivity contribution in [1.29, 1.82) is 0 Å². The molecule has 0 fully saturated rings. The molecule has 0 saturated carbocycles. The lowest BCUT2D eigenvalue weighted by atomic mass is 10.1. The summed E-state index contributed by atoms with van der Waals surface area (Å²) in [4.78, 5) is 24.4. The Morgan fingerprint density at radius 2 is 1.91 bits per heavy atom. The van der Waals surface area contributed by atoms with E-state index >= 15 is 0 Å². The number of benzene rings is 1. The predicted octanol–water partition coefficient (Wildman–Crippen LogP) is 2.69. The smallest absolute Gasteiger partial charge is 0.359 e. The number of hydrogen-bond acceptors (Lipinski definition) is 2. The van der Waals surface area contributed by atoms with Crippen LogP contribution in [0.25, 0.3) is 0 Å². The number of urea groups is 1. The molecule has 0 aliphatic heterocycles. The van der Waals surface area contributed by atoms with Crippen molar-refractivity contribution in [3.05, 3.63) is 29.6 Å². The van der Waals surface area contributed by atoms with Crippen molar-refractivity contribution in [2.75, 3.05) is 26.0 Å². The summed E-state index contributed by atoms with van der Waals surface area (Å²) in [5.41, 5.74) is -1.83. The Bertz CT molecular complexity index is 590. The minimum Gasteiger partial charge on any atom is -0.359 e. The van der Waals surface area contributed by atoms with E-state index in [1.807, 2.05) is 0 Å². The van der Waals surface area contributed by atoms with E-state index in [-0.39, 0.29) is 12.5 Å². The van der Waals surface area contributed by atoms with Crippen LogP contribution in [0.15, 0.2) is 18.2 Å². The first-order chi connectivity index (χ1) is 10.6. The normalized spacial score (nSPS) is 12.5. The first-order valence-corrected chi connectivity index (χ1v) is 6.66. The molecular weight excluding hydrogens is 318 g/mol. The van der Waals surface area contributed by atoms with Crippen LogP contribution in [0.3, 0.4) is 0 Å². The van der Waals surface area contributed by atoms with Gasteiger partial charge in [0.2, 0.25) is 5.91 Å². The van der Waals surface area contributed by atoms with Gasteiger partial charge in [-0.3, -0.25) is 4.79 Å². The zero-order valence-electron chi connectivity index (χ0n) is 12.8. The Labute approximate surface area is 130 Å². The Balaban J connectivity index is 2.87. The van der Waals surface area contributed by atoms with Crippen LogP contribution in [0.1, 0.15) is 12.5 Å².